The van der Waals surface area contributed by atoms with Crippen molar-refractivity contribution in [3.8, 4) is 0 Å². The van der Waals surface area contributed by atoms with Crippen molar-refractivity contribution in [2.45, 2.75) is 181 Å². The lowest BCUT2D eigenvalue weighted by atomic mass is 10.1. The summed E-state index contributed by atoms with van der Waals surface area (Å²) in [5.74, 6) is -10.2. The van der Waals surface area contributed by atoms with Gasteiger partial charge in [0.2, 0.25) is 0 Å². The number of amides is 18. The zero-order chi connectivity index (χ0) is 53.9. The van der Waals surface area contributed by atoms with E-state index < -0.39 is 129 Å². The molecule has 0 aromatic rings. The first-order chi connectivity index (χ1) is 31.3. The average Bonchev–Trinajstić information content (AvgIpc) is 3.74. The SMILES string of the molecule is CC(C)(C)OC(=O)N1C(=O)N(C(=O)OC(C)(C)C)C23N(C(=O)OC(C)(C)C)C(=O)N(C(=O)OC(C)(C)C)C12N(C(=O)OC(C)(C)C)C(=O)N3C(=O)OC(C)(C)C.O=C1NC23NC(=O)NC2(N1)NC(=O)N3. The predicted molar refractivity (Wildman–Crippen MR) is 231 cm³/mol. The van der Waals surface area contributed by atoms with Crippen molar-refractivity contribution in [3.63, 3.8) is 0 Å². The van der Waals surface area contributed by atoms with Crippen molar-refractivity contribution >= 4 is 72.7 Å². The fraction of sp³-hybridized carbons (Fsp3) is 0.700. The Morgan fingerprint density at radius 2 is 0.429 bits per heavy atom. The third-order valence-electron chi connectivity index (χ3n) is 9.29. The van der Waals surface area contributed by atoms with E-state index in [0.29, 0.717) is 0 Å². The summed E-state index contributed by atoms with van der Waals surface area (Å²) in [6, 6.07) is -7.08. The molecule has 18 amide bonds. The largest absolute Gasteiger partial charge is 0.443 e. The summed E-state index contributed by atoms with van der Waals surface area (Å²) in [4.78, 5) is 165. The van der Waals surface area contributed by atoms with Gasteiger partial charge in [-0.3, -0.25) is 31.9 Å². The van der Waals surface area contributed by atoms with Crippen molar-refractivity contribution in [1.82, 2.24) is 61.3 Å². The van der Waals surface area contributed by atoms with E-state index in [1.165, 1.54) is 125 Å². The Bertz CT molecular complexity index is 1960. The van der Waals surface area contributed by atoms with Crippen LogP contribution in [0.4, 0.5) is 57.5 Å². The Kier molecular flexibility index (Phi) is 12.2. The predicted octanol–water partition coefficient (Wildman–Crippen LogP) is 4.35. The van der Waals surface area contributed by atoms with Crippen molar-refractivity contribution < 1.29 is 86.0 Å². The number of ether oxygens (including phenoxy) is 6. The molecule has 0 saturated carbocycles. The molecule has 0 aromatic carbocycles. The number of carbonyl (C=O) groups is 12. The smallest absolute Gasteiger partial charge is 0.422 e. The van der Waals surface area contributed by atoms with Crippen LogP contribution in [-0.2, 0) is 28.4 Å². The van der Waals surface area contributed by atoms with E-state index in [4.69, 9.17) is 28.4 Å². The summed E-state index contributed by atoms with van der Waals surface area (Å²) in [6.07, 6.45) is -10.8. The molecule has 0 radical (unpaired) electrons. The van der Waals surface area contributed by atoms with Gasteiger partial charge in [-0.1, -0.05) is 0 Å². The quantitative estimate of drug-likeness (QED) is 0.184. The highest BCUT2D eigenvalue weighted by Gasteiger charge is 2.97. The Labute approximate surface area is 400 Å². The number of urea groups is 6. The maximum absolute atomic E-state index is 15.1. The first-order valence-electron chi connectivity index (χ1n) is 21.4. The fourth-order valence-corrected chi connectivity index (χ4v) is 7.54. The number of rotatable bonds is 0. The Balaban J connectivity index is 0.000000546. The molecule has 6 aliphatic heterocycles. The first kappa shape index (κ1) is 53.4. The van der Waals surface area contributed by atoms with Crippen molar-refractivity contribution in [1.29, 1.82) is 0 Å². The molecule has 0 aliphatic carbocycles. The molecule has 30 nitrogen and oxygen atoms in total. The van der Waals surface area contributed by atoms with E-state index in [-0.39, 0.29) is 29.4 Å². The Hall–Kier alpha value is -7.56. The number of imide groups is 6. The van der Waals surface area contributed by atoms with Crippen LogP contribution in [0.3, 0.4) is 0 Å². The molecule has 0 unspecified atom stereocenters. The van der Waals surface area contributed by atoms with Crippen LogP contribution >= 0.6 is 0 Å². The minimum atomic E-state index is -3.78. The Morgan fingerprint density at radius 3 is 0.543 bits per heavy atom. The van der Waals surface area contributed by atoms with E-state index in [0.717, 1.165) is 0 Å². The molecule has 6 fully saturated rings. The van der Waals surface area contributed by atoms with Gasteiger partial charge >= 0.3 is 72.7 Å². The summed E-state index contributed by atoms with van der Waals surface area (Å²) >= 11 is 0. The minimum Gasteiger partial charge on any atom is -0.443 e. The monoisotopic (exact) mass is 996 g/mol. The number of nitrogens with one attached hydrogen (secondary N) is 6. The van der Waals surface area contributed by atoms with Crippen molar-refractivity contribution in [3.05, 3.63) is 0 Å². The molecule has 6 N–H and O–H groups in total. The van der Waals surface area contributed by atoms with Crippen molar-refractivity contribution in [2.24, 2.45) is 0 Å². The first-order valence-corrected chi connectivity index (χ1v) is 21.4. The van der Waals surface area contributed by atoms with Gasteiger partial charge in [0.1, 0.15) is 33.6 Å². The van der Waals surface area contributed by atoms with Crippen LogP contribution in [0.25, 0.3) is 0 Å². The number of nitrogens with zero attached hydrogens (tertiary/aromatic N) is 6. The minimum absolute atomic E-state index is 0.111. The van der Waals surface area contributed by atoms with Crippen LogP contribution in [0.15, 0.2) is 0 Å². The van der Waals surface area contributed by atoms with E-state index in [1.54, 1.807) is 0 Å². The fourth-order valence-electron chi connectivity index (χ4n) is 7.54. The van der Waals surface area contributed by atoms with E-state index >= 15 is 14.4 Å². The summed E-state index contributed by atoms with van der Waals surface area (Å²) in [5, 5.41) is 14.4. The van der Waals surface area contributed by atoms with Crippen LogP contribution in [0.2, 0.25) is 0 Å². The second kappa shape index (κ2) is 16.0. The van der Waals surface area contributed by atoms with Crippen LogP contribution in [0, 0.1) is 0 Å². The van der Waals surface area contributed by atoms with Crippen LogP contribution in [-0.4, -0.2) is 159 Å². The third kappa shape index (κ3) is 8.95. The lowest BCUT2D eigenvalue weighted by Gasteiger charge is -2.44. The number of hydrogen-bond donors (Lipinski definition) is 6. The molecule has 0 atom stereocenters. The summed E-state index contributed by atoms with van der Waals surface area (Å²) in [7, 11) is 0. The summed E-state index contributed by atoms with van der Waals surface area (Å²) in [5.41, 5.74) is -9.06. The number of carbonyl (C=O) groups excluding carboxylic acids is 12. The molecule has 388 valence electrons. The van der Waals surface area contributed by atoms with Gasteiger partial charge in [-0.15, -0.1) is 0 Å². The normalized spacial score (nSPS) is 26.0. The van der Waals surface area contributed by atoms with E-state index in [2.05, 4.69) is 31.9 Å². The maximum atomic E-state index is 15.1. The molecule has 0 bridgehead atoms. The highest BCUT2D eigenvalue weighted by Crippen LogP contribution is 2.61. The zero-order valence-corrected chi connectivity index (χ0v) is 42.0. The molecule has 30 heteroatoms. The highest BCUT2D eigenvalue weighted by molar-refractivity contribution is 6.17. The molecule has 70 heavy (non-hydrogen) atoms. The molecule has 6 saturated heterocycles. The Morgan fingerprint density at radius 1 is 0.300 bits per heavy atom. The third-order valence-corrected chi connectivity index (χ3v) is 9.29. The van der Waals surface area contributed by atoms with E-state index in [1.807, 2.05) is 0 Å². The lowest BCUT2D eigenvalue weighted by Crippen LogP contribution is -2.77. The average molecular weight is 997 g/mol. The zero-order valence-electron chi connectivity index (χ0n) is 42.0. The second-order valence-electron chi connectivity index (χ2n) is 22.3. The standard InChI is InChI=1S/C35H54N6O15.C5H6N6O3/c1-28(2,3)51-22(45)36-19(42)37(23(46)52-29(4,5)6)35-34(36,38(24(47)53-30(7,8)9)20(43)40(35)26(49)55-32(13,14)15)39(25(48)54-31(10,11)12)21(44)41(35)27(50)56-33(16,17)18;12-1-6-4-5(7-1,9-2(13)8-4)11-3(14)10-4/h1-18H3;(H2,6,7,12)(H2,8,9,13)(H2,10,11,14). The van der Waals surface area contributed by atoms with Gasteiger partial charge < -0.3 is 28.4 Å². The van der Waals surface area contributed by atoms with Gasteiger partial charge in [0.25, 0.3) is 23.1 Å². The van der Waals surface area contributed by atoms with E-state index in [9.17, 15) is 43.2 Å². The topological polar surface area (TPSA) is 352 Å². The van der Waals surface area contributed by atoms with Gasteiger partial charge in [-0.2, -0.15) is 29.4 Å². The van der Waals surface area contributed by atoms with Crippen molar-refractivity contribution in [2.75, 3.05) is 0 Å². The maximum Gasteiger partial charge on any atom is 0.422 e. The van der Waals surface area contributed by atoms with Gasteiger partial charge in [0.15, 0.2) is 0 Å². The molecular weight excluding hydrogens is 937 g/mol. The molecule has 0 spiro atoms. The highest BCUT2D eigenvalue weighted by atomic mass is 16.6. The molecule has 6 rings (SSSR count). The lowest BCUT2D eigenvalue weighted by molar-refractivity contribution is -0.139. The summed E-state index contributed by atoms with van der Waals surface area (Å²) < 4.78 is 33.3. The van der Waals surface area contributed by atoms with Crippen LogP contribution in [0.5, 0.6) is 0 Å². The number of hydrogen-bond acceptors (Lipinski definition) is 18. The van der Waals surface area contributed by atoms with Gasteiger partial charge in [-0.25, -0.2) is 57.5 Å². The molecular formula is C40H60N12O18. The molecule has 0 aromatic heterocycles. The van der Waals surface area contributed by atoms with Crippen LogP contribution in [0.1, 0.15) is 125 Å². The van der Waals surface area contributed by atoms with Gasteiger partial charge in [0, 0.05) is 0 Å². The molecule has 6 heterocycles. The van der Waals surface area contributed by atoms with Gasteiger partial charge in [0.05, 0.1) is 0 Å². The van der Waals surface area contributed by atoms with Gasteiger partial charge in [-0.05, 0) is 125 Å². The second-order valence-corrected chi connectivity index (χ2v) is 22.3. The van der Waals surface area contributed by atoms with Crippen LogP contribution < -0.4 is 31.9 Å². The molecule has 6 aliphatic rings. The summed E-state index contributed by atoms with van der Waals surface area (Å²) in [6.45, 7) is 24.5.